The highest BCUT2D eigenvalue weighted by Crippen LogP contribution is 2.37. The van der Waals surface area contributed by atoms with Crippen LogP contribution in [-0.4, -0.2) is 70.8 Å². The highest BCUT2D eigenvalue weighted by molar-refractivity contribution is 7.89. The zero-order chi connectivity index (χ0) is 31.9. The van der Waals surface area contributed by atoms with Crippen LogP contribution in [0, 0.1) is 13.8 Å². The minimum Gasteiger partial charge on any atom is -0.497 e. The summed E-state index contributed by atoms with van der Waals surface area (Å²) in [7, 11) is 3.00. The number of anilines is 4. The van der Waals surface area contributed by atoms with Crippen LogP contribution in [-0.2, 0) is 10.0 Å². The number of methoxy groups -OCH3 is 2. The molecular weight excluding hydrogens is 584 g/mol. The molecular formula is C31H36N6O6S. The minimum absolute atomic E-state index is 0.0826. The predicted molar refractivity (Wildman–Crippen MR) is 169 cm³/mol. The van der Waals surface area contributed by atoms with Gasteiger partial charge in [-0.25, -0.2) is 27.8 Å². The third kappa shape index (κ3) is 7.81. The number of nitrogens with zero attached hydrogens (tertiary/aromatic N) is 4. The third-order valence-corrected chi connectivity index (χ3v) is 7.99. The second-order valence-electron chi connectivity index (χ2n) is 10.1. The maximum Gasteiger partial charge on any atom is 0.425 e. The number of hydrogen-bond donors (Lipinski definition) is 2. The van der Waals surface area contributed by atoms with Gasteiger partial charge in [0.25, 0.3) is 0 Å². The van der Waals surface area contributed by atoms with Crippen molar-refractivity contribution < 1.29 is 27.4 Å². The maximum atomic E-state index is 13.9. The molecule has 0 spiro atoms. The Morgan fingerprint density at radius 1 is 0.932 bits per heavy atom. The Kier molecular flexibility index (Phi) is 10.4. The van der Waals surface area contributed by atoms with Gasteiger partial charge in [-0.3, -0.25) is 0 Å². The predicted octanol–water partition coefficient (Wildman–Crippen LogP) is 5.03. The summed E-state index contributed by atoms with van der Waals surface area (Å²) in [6, 6.07) is 18.4. The lowest BCUT2D eigenvalue weighted by Crippen LogP contribution is -2.31. The van der Waals surface area contributed by atoms with E-state index in [-0.39, 0.29) is 23.2 Å². The van der Waals surface area contributed by atoms with Crippen molar-refractivity contribution >= 4 is 39.3 Å². The second-order valence-corrected chi connectivity index (χ2v) is 11.8. The van der Waals surface area contributed by atoms with E-state index in [1.807, 2.05) is 51.0 Å². The molecule has 1 aromatic heterocycles. The monoisotopic (exact) mass is 620 g/mol. The fourth-order valence-corrected chi connectivity index (χ4v) is 5.34. The molecule has 2 N–H and O–H groups in total. The number of hydrogen-bond acceptors (Lipinski definition) is 10. The molecule has 0 atom stereocenters. The lowest BCUT2D eigenvalue weighted by molar-refractivity contribution is 0.209. The van der Waals surface area contributed by atoms with Crippen LogP contribution in [0.5, 0.6) is 17.2 Å². The highest BCUT2D eigenvalue weighted by Gasteiger charge is 2.27. The summed E-state index contributed by atoms with van der Waals surface area (Å²) in [4.78, 5) is 26.0. The molecule has 0 saturated heterocycles. The summed E-state index contributed by atoms with van der Waals surface area (Å²) in [6.07, 6.45) is 0.746. The van der Waals surface area contributed by atoms with E-state index < -0.39 is 16.1 Å². The van der Waals surface area contributed by atoms with Gasteiger partial charge >= 0.3 is 6.09 Å². The smallest absolute Gasteiger partial charge is 0.425 e. The van der Waals surface area contributed by atoms with Gasteiger partial charge < -0.3 is 24.4 Å². The molecule has 12 nitrogen and oxygen atoms in total. The Bertz CT molecular complexity index is 1710. The molecule has 0 unspecified atom stereocenters. The number of aryl methyl sites for hydroxylation is 2. The van der Waals surface area contributed by atoms with Crippen molar-refractivity contribution in [3.05, 3.63) is 84.1 Å². The first-order chi connectivity index (χ1) is 21.0. The molecule has 0 aliphatic rings. The van der Waals surface area contributed by atoms with Crippen LogP contribution in [0.4, 0.5) is 27.9 Å². The van der Waals surface area contributed by atoms with Gasteiger partial charge in [0.05, 0.1) is 24.8 Å². The van der Waals surface area contributed by atoms with Crippen LogP contribution in [0.2, 0.25) is 0 Å². The number of carbonyl (C=O) groups excluding carboxylic acids is 1. The SMILES string of the molecule is COc1ccc(N(C(=O)Oc2c(C)cccc2C)c2ccnc(Nc3cccc(S(=O)(=O)NCCN(C)C)c3)n2)c(OC)c1. The molecule has 0 aliphatic heterocycles. The van der Waals surface area contributed by atoms with Gasteiger partial charge in [-0.05, 0) is 69.4 Å². The summed E-state index contributed by atoms with van der Waals surface area (Å²) in [5.41, 5.74) is 2.36. The first kappa shape index (κ1) is 32.2. The quantitative estimate of drug-likeness (QED) is 0.222. The molecule has 0 radical (unpaired) electrons. The van der Waals surface area contributed by atoms with Crippen molar-refractivity contribution in [1.82, 2.24) is 19.6 Å². The van der Waals surface area contributed by atoms with E-state index in [0.717, 1.165) is 11.1 Å². The van der Waals surface area contributed by atoms with Crippen LogP contribution >= 0.6 is 0 Å². The maximum absolute atomic E-state index is 13.9. The second kappa shape index (κ2) is 14.2. The van der Waals surface area contributed by atoms with Crippen molar-refractivity contribution in [2.45, 2.75) is 18.7 Å². The van der Waals surface area contributed by atoms with Gasteiger partial charge in [0.2, 0.25) is 16.0 Å². The number of rotatable bonds is 12. The van der Waals surface area contributed by atoms with Gasteiger partial charge in [0.15, 0.2) is 0 Å². The Labute approximate surface area is 257 Å². The molecule has 0 bridgehead atoms. The number of carbonyl (C=O) groups is 1. The summed E-state index contributed by atoms with van der Waals surface area (Å²) in [5.74, 6) is 1.60. The topological polar surface area (TPSA) is 135 Å². The number of para-hydroxylation sites is 1. The number of aromatic nitrogens is 2. The fourth-order valence-electron chi connectivity index (χ4n) is 4.27. The lowest BCUT2D eigenvalue weighted by atomic mass is 10.1. The summed E-state index contributed by atoms with van der Waals surface area (Å²) in [5, 5.41) is 3.04. The van der Waals surface area contributed by atoms with Gasteiger partial charge in [-0.15, -0.1) is 0 Å². The third-order valence-electron chi connectivity index (χ3n) is 6.53. The number of sulfonamides is 1. The van der Waals surface area contributed by atoms with E-state index in [2.05, 4.69) is 20.0 Å². The van der Waals surface area contributed by atoms with E-state index in [0.29, 0.717) is 35.2 Å². The van der Waals surface area contributed by atoms with Gasteiger partial charge in [-0.2, -0.15) is 4.98 Å². The summed E-state index contributed by atoms with van der Waals surface area (Å²) in [6.45, 7) is 4.53. The molecule has 0 fully saturated rings. The van der Waals surface area contributed by atoms with Crippen LogP contribution in [0.15, 0.2) is 77.8 Å². The van der Waals surface area contributed by atoms with E-state index in [1.54, 1.807) is 36.4 Å². The molecule has 44 heavy (non-hydrogen) atoms. The zero-order valence-corrected chi connectivity index (χ0v) is 26.3. The average molecular weight is 621 g/mol. The highest BCUT2D eigenvalue weighted by atomic mass is 32.2. The fraction of sp³-hybridized carbons (Fsp3) is 0.258. The summed E-state index contributed by atoms with van der Waals surface area (Å²) >= 11 is 0. The molecule has 1 heterocycles. The van der Waals surface area contributed by atoms with E-state index in [4.69, 9.17) is 14.2 Å². The molecule has 3 aromatic carbocycles. The zero-order valence-electron chi connectivity index (χ0n) is 25.5. The largest absolute Gasteiger partial charge is 0.497 e. The van der Waals surface area contributed by atoms with Crippen LogP contribution < -0.4 is 29.1 Å². The van der Waals surface area contributed by atoms with E-state index >= 15 is 0 Å². The Morgan fingerprint density at radius 2 is 1.66 bits per heavy atom. The number of likely N-dealkylation sites (N-methyl/N-ethyl adjacent to an activating group) is 1. The molecule has 4 aromatic rings. The van der Waals surface area contributed by atoms with Crippen molar-refractivity contribution in [3.63, 3.8) is 0 Å². The lowest BCUT2D eigenvalue weighted by Gasteiger charge is -2.24. The average Bonchev–Trinajstić information content (AvgIpc) is 2.99. The first-order valence-electron chi connectivity index (χ1n) is 13.7. The molecule has 13 heteroatoms. The Hall–Kier alpha value is -4.72. The van der Waals surface area contributed by atoms with Crippen LogP contribution in [0.3, 0.4) is 0 Å². The molecule has 0 saturated carbocycles. The van der Waals surface area contributed by atoms with Crippen LogP contribution in [0.1, 0.15) is 11.1 Å². The molecule has 4 rings (SSSR count). The Balaban J connectivity index is 1.69. The van der Waals surface area contributed by atoms with Crippen molar-refractivity contribution in [3.8, 4) is 17.2 Å². The van der Waals surface area contributed by atoms with Gasteiger partial charge in [-0.1, -0.05) is 24.3 Å². The first-order valence-corrected chi connectivity index (χ1v) is 15.2. The number of ether oxygens (including phenoxy) is 3. The molecule has 0 aliphatic carbocycles. The Morgan fingerprint density at radius 3 is 2.34 bits per heavy atom. The number of benzene rings is 3. The van der Waals surface area contributed by atoms with Crippen LogP contribution in [0.25, 0.3) is 0 Å². The van der Waals surface area contributed by atoms with Crippen molar-refractivity contribution in [2.24, 2.45) is 0 Å². The standard InChI is InChI=1S/C31H36N6O6S/c1-21-9-7-10-22(2)29(21)43-31(38)37(26-14-13-24(41-5)20-27(26)42-6)28-15-16-32-30(35-28)34-23-11-8-12-25(19-23)44(39,40)33-17-18-36(3)4/h7-16,19-20,33H,17-18H2,1-6H3,(H,32,34,35). The molecule has 1 amide bonds. The normalized spacial score (nSPS) is 11.2. The van der Waals surface area contributed by atoms with E-state index in [1.165, 1.54) is 37.4 Å². The van der Waals surface area contributed by atoms with Gasteiger partial charge in [0, 0.05) is 37.1 Å². The minimum atomic E-state index is -3.74. The molecule has 232 valence electrons. The number of amides is 1. The van der Waals surface area contributed by atoms with Crippen molar-refractivity contribution in [2.75, 3.05) is 51.6 Å². The summed E-state index contributed by atoms with van der Waals surface area (Å²) < 4.78 is 45.1. The van der Waals surface area contributed by atoms with Gasteiger partial charge in [0.1, 0.15) is 23.1 Å². The van der Waals surface area contributed by atoms with E-state index in [9.17, 15) is 13.2 Å². The number of nitrogens with one attached hydrogen (secondary N) is 2. The van der Waals surface area contributed by atoms with Crippen molar-refractivity contribution in [1.29, 1.82) is 0 Å².